The first kappa shape index (κ1) is 21.8. The summed E-state index contributed by atoms with van der Waals surface area (Å²) in [7, 11) is 0. The molecule has 4 N–H and O–H groups in total. The quantitative estimate of drug-likeness (QED) is 0.362. The van der Waals surface area contributed by atoms with E-state index in [1.807, 2.05) is 59.9 Å². The average molecular weight is 446 g/mol. The molecular weight excluding hydrogens is 427 g/mol. The number of hydrogen-bond acceptors (Lipinski definition) is 4. The number of H-pyrrole nitrogens is 1. The molecule has 0 aliphatic heterocycles. The van der Waals surface area contributed by atoms with Crippen molar-refractivity contribution in [3.63, 3.8) is 0 Å². The number of amides is 1. The third kappa shape index (κ3) is 4.59. The number of carbonyl (C=O) groups excluding carboxylic acids is 1. The van der Waals surface area contributed by atoms with E-state index < -0.39 is 41.1 Å². The lowest BCUT2D eigenvalue weighted by Crippen LogP contribution is -2.33. The fourth-order valence-corrected chi connectivity index (χ4v) is 3.68. The van der Waals surface area contributed by atoms with Crippen LogP contribution in [-0.2, 0) is 11.2 Å². The second kappa shape index (κ2) is 8.96. The maximum Gasteiger partial charge on any atom is 0.322 e. The third-order valence-electron chi connectivity index (χ3n) is 5.23. The van der Waals surface area contributed by atoms with E-state index in [2.05, 4.69) is 4.98 Å². The standard InChI is InChI=1S/C25H19FN2O5/c26-18-11-17(10-14-6-8-16(9-7-14)15-4-2-1-3-5-15)22-19(12-18)23(31)21(25(33)28-22)24(32)27-13-20(29)30/h1-9,11-12H,10,13H2,(H,27,32)(H,29,30)(H2,28,31,33). The molecule has 1 amide bonds. The Morgan fingerprint density at radius 1 is 0.970 bits per heavy atom. The van der Waals surface area contributed by atoms with Crippen LogP contribution in [0.1, 0.15) is 21.5 Å². The van der Waals surface area contributed by atoms with Crippen LogP contribution in [0.3, 0.4) is 0 Å². The maximum absolute atomic E-state index is 14.4. The van der Waals surface area contributed by atoms with Crippen LogP contribution in [0.15, 0.2) is 71.5 Å². The number of carboxylic acids is 1. The van der Waals surface area contributed by atoms with Gasteiger partial charge in [0.2, 0.25) is 0 Å². The van der Waals surface area contributed by atoms with E-state index in [1.165, 1.54) is 6.07 Å². The van der Waals surface area contributed by atoms with E-state index in [-0.39, 0.29) is 17.3 Å². The number of rotatable bonds is 6. The lowest BCUT2D eigenvalue weighted by atomic mass is 9.98. The molecule has 0 bridgehead atoms. The minimum Gasteiger partial charge on any atom is -0.506 e. The molecule has 1 heterocycles. The highest BCUT2D eigenvalue weighted by molar-refractivity contribution is 6.03. The molecule has 33 heavy (non-hydrogen) atoms. The lowest BCUT2D eigenvalue weighted by Gasteiger charge is -2.12. The number of halogens is 1. The van der Waals surface area contributed by atoms with Crippen LogP contribution in [-0.4, -0.2) is 33.6 Å². The highest BCUT2D eigenvalue weighted by atomic mass is 19.1. The topological polar surface area (TPSA) is 119 Å². The minimum atomic E-state index is -1.31. The number of benzene rings is 3. The molecule has 0 spiro atoms. The second-order valence-electron chi connectivity index (χ2n) is 7.48. The van der Waals surface area contributed by atoms with Crippen molar-refractivity contribution < 1.29 is 24.2 Å². The highest BCUT2D eigenvalue weighted by Gasteiger charge is 2.21. The number of hydrogen-bond donors (Lipinski definition) is 4. The first-order chi connectivity index (χ1) is 15.8. The van der Waals surface area contributed by atoms with Crippen LogP contribution in [0.5, 0.6) is 5.75 Å². The van der Waals surface area contributed by atoms with Crippen LogP contribution < -0.4 is 10.9 Å². The lowest BCUT2D eigenvalue weighted by molar-refractivity contribution is -0.135. The summed E-state index contributed by atoms with van der Waals surface area (Å²) in [5.41, 5.74) is 1.96. The predicted octanol–water partition coefficient (Wildman–Crippen LogP) is 3.45. The van der Waals surface area contributed by atoms with Gasteiger partial charge in [0.25, 0.3) is 11.5 Å². The van der Waals surface area contributed by atoms with Gasteiger partial charge in [-0.2, -0.15) is 0 Å². The first-order valence-corrected chi connectivity index (χ1v) is 10.0. The molecule has 7 nitrogen and oxygen atoms in total. The van der Waals surface area contributed by atoms with Crippen molar-refractivity contribution in [2.75, 3.05) is 6.54 Å². The first-order valence-electron chi connectivity index (χ1n) is 10.0. The Kier molecular flexibility index (Phi) is 5.91. The molecule has 166 valence electrons. The van der Waals surface area contributed by atoms with E-state index in [1.54, 1.807) is 0 Å². The van der Waals surface area contributed by atoms with Crippen LogP contribution in [0, 0.1) is 5.82 Å². The van der Waals surface area contributed by atoms with Gasteiger partial charge >= 0.3 is 5.97 Å². The number of pyridine rings is 1. The van der Waals surface area contributed by atoms with Gasteiger partial charge in [-0.3, -0.25) is 14.4 Å². The number of carboxylic acid groups (broad SMARTS) is 1. The smallest absolute Gasteiger partial charge is 0.322 e. The summed E-state index contributed by atoms with van der Waals surface area (Å²) in [6, 6.07) is 19.7. The molecule has 0 atom stereocenters. The molecule has 0 aliphatic rings. The van der Waals surface area contributed by atoms with Gasteiger partial charge in [-0.05, 0) is 40.8 Å². The molecule has 0 aliphatic carbocycles. The summed E-state index contributed by atoms with van der Waals surface area (Å²) < 4.78 is 14.4. The zero-order valence-corrected chi connectivity index (χ0v) is 17.3. The van der Waals surface area contributed by atoms with Crippen molar-refractivity contribution in [3.8, 4) is 16.9 Å². The number of aromatic hydroxyl groups is 1. The maximum atomic E-state index is 14.4. The number of fused-ring (bicyclic) bond motifs is 1. The summed E-state index contributed by atoms with van der Waals surface area (Å²) in [4.78, 5) is 37.9. The van der Waals surface area contributed by atoms with Gasteiger partial charge in [0.05, 0.1) is 5.52 Å². The van der Waals surface area contributed by atoms with Crippen LogP contribution in [0.2, 0.25) is 0 Å². The van der Waals surface area contributed by atoms with Gasteiger partial charge in [0.1, 0.15) is 23.7 Å². The highest BCUT2D eigenvalue weighted by Crippen LogP contribution is 2.30. The Balaban J connectivity index is 1.71. The number of aliphatic carboxylic acids is 1. The molecule has 1 aromatic heterocycles. The molecule has 0 radical (unpaired) electrons. The van der Waals surface area contributed by atoms with E-state index in [4.69, 9.17) is 5.11 Å². The molecular formula is C25H19FN2O5. The van der Waals surface area contributed by atoms with E-state index in [0.29, 0.717) is 5.56 Å². The Labute approximate surface area is 187 Å². The van der Waals surface area contributed by atoms with E-state index in [9.17, 15) is 23.9 Å². The number of aromatic amines is 1. The molecule has 4 rings (SSSR count). The predicted molar refractivity (Wildman–Crippen MR) is 121 cm³/mol. The molecule has 8 heteroatoms. The van der Waals surface area contributed by atoms with Crippen LogP contribution in [0.4, 0.5) is 4.39 Å². The summed E-state index contributed by atoms with van der Waals surface area (Å²) in [6.07, 6.45) is 0.267. The summed E-state index contributed by atoms with van der Waals surface area (Å²) in [6.45, 7) is -0.733. The SMILES string of the molecule is O=C(O)CNC(=O)c1c(O)c2cc(F)cc(Cc3ccc(-c4ccccc4)cc3)c2[nH]c1=O. The fraction of sp³-hybridized carbons (Fsp3) is 0.0800. The summed E-state index contributed by atoms with van der Waals surface area (Å²) >= 11 is 0. The second-order valence-corrected chi connectivity index (χ2v) is 7.48. The molecule has 0 saturated carbocycles. The number of aromatic nitrogens is 1. The molecule has 4 aromatic rings. The molecule has 0 saturated heterocycles. The zero-order valence-electron chi connectivity index (χ0n) is 17.3. The van der Waals surface area contributed by atoms with Crippen molar-refractivity contribution in [2.45, 2.75) is 6.42 Å². The minimum absolute atomic E-state index is 0.0500. The third-order valence-corrected chi connectivity index (χ3v) is 5.23. The Bertz CT molecular complexity index is 1410. The van der Waals surface area contributed by atoms with Gasteiger partial charge in [-0.1, -0.05) is 54.6 Å². The molecule has 0 fully saturated rings. The van der Waals surface area contributed by atoms with Crippen molar-refractivity contribution in [3.05, 3.63) is 99.6 Å². The Morgan fingerprint density at radius 2 is 1.64 bits per heavy atom. The van der Waals surface area contributed by atoms with Gasteiger partial charge in [0, 0.05) is 5.39 Å². The average Bonchev–Trinajstić information content (AvgIpc) is 2.79. The van der Waals surface area contributed by atoms with Crippen molar-refractivity contribution >= 4 is 22.8 Å². The summed E-state index contributed by atoms with van der Waals surface area (Å²) in [5.74, 6) is -3.75. The van der Waals surface area contributed by atoms with Crippen molar-refractivity contribution in [2.24, 2.45) is 0 Å². The van der Waals surface area contributed by atoms with E-state index >= 15 is 0 Å². The Morgan fingerprint density at radius 3 is 2.30 bits per heavy atom. The van der Waals surface area contributed by atoms with Crippen LogP contribution >= 0.6 is 0 Å². The number of nitrogens with one attached hydrogen (secondary N) is 2. The van der Waals surface area contributed by atoms with Crippen molar-refractivity contribution in [1.82, 2.24) is 10.3 Å². The number of carbonyl (C=O) groups is 2. The zero-order chi connectivity index (χ0) is 23.5. The van der Waals surface area contributed by atoms with Gasteiger partial charge in [0.15, 0.2) is 0 Å². The molecule has 0 unspecified atom stereocenters. The van der Waals surface area contributed by atoms with Crippen LogP contribution in [0.25, 0.3) is 22.0 Å². The van der Waals surface area contributed by atoms with Crippen molar-refractivity contribution in [1.29, 1.82) is 0 Å². The molecule has 3 aromatic carbocycles. The monoisotopic (exact) mass is 446 g/mol. The van der Waals surface area contributed by atoms with Gasteiger partial charge < -0.3 is 20.5 Å². The Hall–Kier alpha value is -4.46. The summed E-state index contributed by atoms with van der Waals surface area (Å²) in [5, 5.41) is 21.2. The van der Waals surface area contributed by atoms with Gasteiger partial charge in [-0.25, -0.2) is 4.39 Å². The largest absolute Gasteiger partial charge is 0.506 e. The normalized spacial score (nSPS) is 10.8. The fourth-order valence-electron chi connectivity index (χ4n) is 3.68. The van der Waals surface area contributed by atoms with Gasteiger partial charge in [-0.15, -0.1) is 0 Å². The van der Waals surface area contributed by atoms with E-state index in [0.717, 1.165) is 22.8 Å².